The van der Waals surface area contributed by atoms with Crippen LogP contribution < -0.4 is 14.2 Å². The molecule has 1 fully saturated rings. The van der Waals surface area contributed by atoms with Gasteiger partial charge in [-0.25, -0.2) is 4.98 Å². The van der Waals surface area contributed by atoms with E-state index in [1.165, 1.54) is 25.3 Å². The van der Waals surface area contributed by atoms with Crippen molar-refractivity contribution in [3.05, 3.63) is 52.8 Å². The number of H-pyrrole nitrogens is 1. The van der Waals surface area contributed by atoms with Gasteiger partial charge in [0.2, 0.25) is 5.75 Å². The van der Waals surface area contributed by atoms with Gasteiger partial charge in [-0.2, -0.15) is 4.98 Å². The summed E-state index contributed by atoms with van der Waals surface area (Å²) in [4.78, 5) is 25.4. The molecule has 10 heteroatoms. The third kappa shape index (κ3) is 4.97. The van der Waals surface area contributed by atoms with Crippen LogP contribution in [0.1, 0.15) is 25.7 Å². The van der Waals surface area contributed by atoms with E-state index in [1.54, 1.807) is 37.7 Å². The first kappa shape index (κ1) is 22.9. The van der Waals surface area contributed by atoms with E-state index in [2.05, 4.69) is 19.9 Å². The zero-order chi connectivity index (χ0) is 24.2. The summed E-state index contributed by atoms with van der Waals surface area (Å²) in [6, 6.07) is 8.51. The van der Waals surface area contributed by atoms with Crippen molar-refractivity contribution in [3.63, 3.8) is 0 Å². The van der Waals surface area contributed by atoms with Gasteiger partial charge in [0.05, 0.1) is 35.1 Å². The highest BCUT2D eigenvalue weighted by atomic mass is 16.6. The largest absolute Gasteiger partial charge is 0.493 e. The Balaban J connectivity index is 1.35. The Morgan fingerprint density at radius 2 is 1.97 bits per heavy atom. The minimum Gasteiger partial charge on any atom is -0.493 e. The molecule has 2 aromatic heterocycles. The molecule has 0 atom stereocenters. The van der Waals surface area contributed by atoms with Gasteiger partial charge in [-0.05, 0) is 56.6 Å². The molecule has 0 aliphatic carbocycles. The van der Waals surface area contributed by atoms with Crippen molar-refractivity contribution >= 4 is 27.5 Å². The number of rotatable bonds is 9. The molecule has 10 nitrogen and oxygen atoms in total. The van der Waals surface area contributed by atoms with Crippen LogP contribution in [0, 0.1) is 10.1 Å². The number of hydrogen-bond acceptors (Lipinski definition) is 8. The summed E-state index contributed by atoms with van der Waals surface area (Å²) in [6.45, 7) is 3.90. The second-order valence-corrected chi connectivity index (χ2v) is 8.53. The van der Waals surface area contributed by atoms with E-state index >= 15 is 0 Å². The van der Waals surface area contributed by atoms with Gasteiger partial charge in [0.15, 0.2) is 11.5 Å². The SMILES string of the molecule is COc1cc2cnc(Oc3ccc4[nH]ccc4c3[N+](=O)[O-])nc2cc1OCCCN1CCCCC1. The number of nitro benzene ring substituents is 1. The number of nitro groups is 1. The number of fused-ring (bicyclic) bond motifs is 2. The number of hydrogen-bond donors (Lipinski definition) is 1. The van der Waals surface area contributed by atoms with Crippen molar-refractivity contribution in [2.24, 2.45) is 0 Å². The number of nitrogens with zero attached hydrogens (tertiary/aromatic N) is 4. The van der Waals surface area contributed by atoms with E-state index in [-0.39, 0.29) is 17.4 Å². The quantitative estimate of drug-likeness (QED) is 0.202. The molecular formula is C25H27N5O5. The number of aromatic amines is 1. The Hall–Kier alpha value is -3.92. The van der Waals surface area contributed by atoms with Gasteiger partial charge < -0.3 is 24.1 Å². The average molecular weight is 478 g/mol. The van der Waals surface area contributed by atoms with Crippen molar-refractivity contribution < 1.29 is 19.1 Å². The molecule has 1 aliphatic rings. The van der Waals surface area contributed by atoms with Crippen LogP contribution >= 0.6 is 0 Å². The summed E-state index contributed by atoms with van der Waals surface area (Å²) in [7, 11) is 1.59. The van der Waals surface area contributed by atoms with Gasteiger partial charge >= 0.3 is 11.7 Å². The molecule has 4 aromatic rings. The molecule has 0 radical (unpaired) electrons. The second-order valence-electron chi connectivity index (χ2n) is 8.53. The van der Waals surface area contributed by atoms with Gasteiger partial charge in [-0.15, -0.1) is 0 Å². The third-order valence-electron chi connectivity index (χ3n) is 6.22. The number of likely N-dealkylation sites (tertiary alicyclic amines) is 1. The predicted octanol–water partition coefficient (Wildman–Crippen LogP) is 5.08. The minimum absolute atomic E-state index is 0.0108. The van der Waals surface area contributed by atoms with Crippen molar-refractivity contribution in [2.75, 3.05) is 33.4 Å². The minimum atomic E-state index is -0.465. The molecule has 0 saturated carbocycles. The molecule has 182 valence electrons. The summed E-state index contributed by atoms with van der Waals surface area (Å²) >= 11 is 0. The van der Waals surface area contributed by atoms with Crippen LogP contribution in [0.15, 0.2) is 42.7 Å². The highest BCUT2D eigenvalue weighted by molar-refractivity contribution is 5.91. The van der Waals surface area contributed by atoms with Crippen LogP contribution in [-0.2, 0) is 0 Å². The summed E-state index contributed by atoms with van der Waals surface area (Å²) in [6.07, 6.45) is 8.03. The fourth-order valence-corrected chi connectivity index (χ4v) is 4.46. The van der Waals surface area contributed by atoms with Gasteiger partial charge in [0.1, 0.15) is 0 Å². The number of piperidine rings is 1. The average Bonchev–Trinajstić information content (AvgIpc) is 3.35. The van der Waals surface area contributed by atoms with Crippen LogP contribution in [0.2, 0.25) is 0 Å². The normalized spacial score (nSPS) is 14.3. The van der Waals surface area contributed by atoms with E-state index in [4.69, 9.17) is 14.2 Å². The summed E-state index contributed by atoms with van der Waals surface area (Å²) in [5.41, 5.74) is 1.10. The first-order valence-corrected chi connectivity index (χ1v) is 11.7. The summed E-state index contributed by atoms with van der Waals surface area (Å²) in [5.74, 6) is 1.26. The van der Waals surface area contributed by atoms with Crippen molar-refractivity contribution in [2.45, 2.75) is 25.7 Å². The van der Waals surface area contributed by atoms with Crippen LogP contribution in [0.25, 0.3) is 21.8 Å². The standard InChI is InChI=1S/C25H27N5O5/c1-33-22-14-17-16-27-25(35-21-7-6-19-18(8-9-26-19)24(21)30(31)32)28-20(17)15-23(22)34-13-5-12-29-10-3-2-4-11-29/h6-9,14-16,26H,2-5,10-13H2,1H3. The van der Waals surface area contributed by atoms with E-state index < -0.39 is 4.92 Å². The van der Waals surface area contributed by atoms with Crippen molar-refractivity contribution in [1.29, 1.82) is 0 Å². The lowest BCUT2D eigenvalue weighted by molar-refractivity contribution is -0.383. The number of methoxy groups -OCH3 is 1. The number of nitrogens with one attached hydrogen (secondary N) is 1. The Kier molecular flexibility index (Phi) is 6.62. The van der Waals surface area contributed by atoms with Gasteiger partial charge in [0, 0.05) is 30.4 Å². The molecule has 2 aromatic carbocycles. The number of ether oxygens (including phenoxy) is 3. The highest BCUT2D eigenvalue weighted by Gasteiger charge is 2.22. The Morgan fingerprint density at radius 3 is 2.77 bits per heavy atom. The maximum atomic E-state index is 11.7. The molecule has 0 spiro atoms. The Bertz CT molecular complexity index is 1350. The van der Waals surface area contributed by atoms with Gasteiger partial charge in [-0.3, -0.25) is 10.1 Å². The second kappa shape index (κ2) is 10.1. The molecule has 0 bridgehead atoms. The molecule has 1 aliphatic heterocycles. The number of aromatic nitrogens is 3. The molecule has 35 heavy (non-hydrogen) atoms. The van der Waals surface area contributed by atoms with E-state index in [1.807, 2.05) is 6.07 Å². The maximum absolute atomic E-state index is 11.7. The molecular weight excluding hydrogens is 450 g/mol. The molecule has 5 rings (SSSR count). The first-order chi connectivity index (χ1) is 17.1. The fourth-order valence-electron chi connectivity index (χ4n) is 4.46. The fraction of sp³-hybridized carbons (Fsp3) is 0.360. The topological polar surface area (TPSA) is 116 Å². The van der Waals surface area contributed by atoms with Crippen molar-refractivity contribution in [3.8, 4) is 23.3 Å². The van der Waals surface area contributed by atoms with Crippen LogP contribution in [0.5, 0.6) is 23.3 Å². The first-order valence-electron chi connectivity index (χ1n) is 11.7. The van der Waals surface area contributed by atoms with Crippen LogP contribution in [0.3, 0.4) is 0 Å². The van der Waals surface area contributed by atoms with Gasteiger partial charge in [0.25, 0.3) is 0 Å². The molecule has 3 heterocycles. The van der Waals surface area contributed by atoms with Crippen LogP contribution in [-0.4, -0.2) is 58.1 Å². The zero-order valence-electron chi connectivity index (χ0n) is 19.5. The lowest BCUT2D eigenvalue weighted by atomic mass is 10.1. The molecule has 1 saturated heterocycles. The zero-order valence-corrected chi connectivity index (χ0v) is 19.5. The Morgan fingerprint density at radius 1 is 1.11 bits per heavy atom. The Labute approximate surface area is 202 Å². The van der Waals surface area contributed by atoms with Crippen LogP contribution in [0.4, 0.5) is 5.69 Å². The summed E-state index contributed by atoms with van der Waals surface area (Å²) < 4.78 is 17.3. The highest BCUT2D eigenvalue weighted by Crippen LogP contribution is 2.37. The monoisotopic (exact) mass is 477 g/mol. The van der Waals surface area contributed by atoms with Crippen molar-refractivity contribution in [1.82, 2.24) is 19.9 Å². The van der Waals surface area contributed by atoms with Gasteiger partial charge in [-0.1, -0.05) is 6.42 Å². The molecule has 1 N–H and O–H groups in total. The lowest BCUT2D eigenvalue weighted by Gasteiger charge is -2.26. The lowest BCUT2D eigenvalue weighted by Crippen LogP contribution is -2.31. The van der Waals surface area contributed by atoms with E-state index in [0.717, 1.165) is 31.4 Å². The smallest absolute Gasteiger partial charge is 0.322 e. The third-order valence-corrected chi connectivity index (χ3v) is 6.22. The van der Waals surface area contributed by atoms with E-state index in [0.29, 0.717) is 34.5 Å². The number of benzene rings is 2. The van der Waals surface area contributed by atoms with E-state index in [9.17, 15) is 10.1 Å². The maximum Gasteiger partial charge on any atom is 0.322 e. The molecule has 0 amide bonds. The molecule has 0 unspecified atom stereocenters. The summed E-state index contributed by atoms with van der Waals surface area (Å²) in [5, 5.41) is 12.9. The predicted molar refractivity (Wildman–Crippen MR) is 132 cm³/mol.